The topological polar surface area (TPSA) is 49.6 Å². The molecule has 3 heterocycles. The van der Waals surface area contributed by atoms with Gasteiger partial charge in [-0.15, -0.1) is 11.8 Å². The second kappa shape index (κ2) is 8.64. The summed E-state index contributed by atoms with van der Waals surface area (Å²) in [4.78, 5) is 18.9. The highest BCUT2D eigenvalue weighted by atomic mass is 35.5. The smallest absolute Gasteiger partial charge is 0.164 e. The van der Waals surface area contributed by atoms with Crippen molar-refractivity contribution in [1.82, 2.24) is 4.90 Å². The van der Waals surface area contributed by atoms with Gasteiger partial charge in [0, 0.05) is 54.2 Å². The van der Waals surface area contributed by atoms with Crippen molar-refractivity contribution < 1.29 is 9.18 Å². The first kappa shape index (κ1) is 21.1. The standard InChI is InChI=1S/C24H27ClFN3OS/c25-19-7-6-16-18-14-28(9-1-3-22(30)17-5-4-15(26)13-20(17)27)11-8-21(18)29-10-2-12-31-24(19)23(16)29/h4-7,13,18,21H,1-3,8-12,14,27H2/t18-,21-/m0/s1. The molecule has 0 radical (unpaired) electrons. The molecule has 4 nitrogen and oxygen atoms in total. The van der Waals surface area contributed by atoms with E-state index in [2.05, 4.69) is 21.9 Å². The molecule has 0 amide bonds. The summed E-state index contributed by atoms with van der Waals surface area (Å²) >= 11 is 8.45. The lowest BCUT2D eigenvalue weighted by Gasteiger charge is -2.39. The van der Waals surface area contributed by atoms with Crippen LogP contribution in [0, 0.1) is 5.82 Å². The molecule has 0 unspecified atom stereocenters. The molecular formula is C24H27ClFN3OS. The Kier molecular flexibility index (Phi) is 5.88. The Morgan fingerprint density at radius 1 is 1.26 bits per heavy atom. The van der Waals surface area contributed by atoms with Gasteiger partial charge in [-0.05, 0) is 61.4 Å². The first-order valence-corrected chi connectivity index (χ1v) is 12.4. The van der Waals surface area contributed by atoms with Crippen molar-refractivity contribution in [3.05, 3.63) is 52.3 Å². The summed E-state index contributed by atoms with van der Waals surface area (Å²) in [6.07, 6.45) is 3.54. The fourth-order valence-corrected chi connectivity index (χ4v) is 6.79. The maximum absolute atomic E-state index is 13.2. The molecule has 3 aliphatic heterocycles. The van der Waals surface area contributed by atoms with Crippen molar-refractivity contribution >= 4 is 40.5 Å². The predicted molar refractivity (Wildman–Crippen MR) is 126 cm³/mol. The van der Waals surface area contributed by atoms with Crippen LogP contribution in [0.4, 0.5) is 15.8 Å². The summed E-state index contributed by atoms with van der Waals surface area (Å²) in [5, 5.41) is 0.879. The Hall–Kier alpha value is -1.76. The van der Waals surface area contributed by atoms with Gasteiger partial charge in [-0.1, -0.05) is 17.7 Å². The highest BCUT2D eigenvalue weighted by Crippen LogP contribution is 2.52. The van der Waals surface area contributed by atoms with Crippen molar-refractivity contribution in [3.63, 3.8) is 0 Å². The van der Waals surface area contributed by atoms with Crippen molar-refractivity contribution in [3.8, 4) is 0 Å². The molecule has 3 aliphatic rings. The van der Waals surface area contributed by atoms with Crippen LogP contribution in [0.1, 0.15) is 47.5 Å². The number of piperidine rings is 1. The van der Waals surface area contributed by atoms with Gasteiger partial charge in [0.1, 0.15) is 5.82 Å². The molecule has 2 N–H and O–H groups in total. The maximum atomic E-state index is 13.2. The lowest BCUT2D eigenvalue weighted by Crippen LogP contribution is -2.46. The minimum atomic E-state index is -0.412. The number of nitrogen functional groups attached to an aromatic ring is 1. The van der Waals surface area contributed by atoms with E-state index in [-0.39, 0.29) is 11.5 Å². The summed E-state index contributed by atoms with van der Waals surface area (Å²) in [5.41, 5.74) is 9.30. The number of likely N-dealkylation sites (tertiary alicyclic amines) is 1. The Morgan fingerprint density at radius 2 is 2.13 bits per heavy atom. The van der Waals surface area contributed by atoms with Gasteiger partial charge in [-0.2, -0.15) is 0 Å². The van der Waals surface area contributed by atoms with Crippen LogP contribution in [-0.2, 0) is 0 Å². The zero-order chi connectivity index (χ0) is 21.5. The van der Waals surface area contributed by atoms with E-state index in [1.165, 1.54) is 40.8 Å². The lowest BCUT2D eigenvalue weighted by molar-refractivity contribution is 0.0972. The van der Waals surface area contributed by atoms with Crippen LogP contribution >= 0.6 is 23.4 Å². The first-order valence-electron chi connectivity index (χ1n) is 11.1. The zero-order valence-corrected chi connectivity index (χ0v) is 19.0. The summed E-state index contributed by atoms with van der Waals surface area (Å²) in [7, 11) is 0. The molecule has 164 valence electrons. The Morgan fingerprint density at radius 3 is 2.97 bits per heavy atom. The molecular weight excluding hydrogens is 433 g/mol. The number of Topliss-reactive ketones (excluding diaryl/α,β-unsaturated/α-hetero) is 1. The molecule has 0 bridgehead atoms. The number of carbonyl (C=O) groups is 1. The number of nitrogens with two attached hydrogens (primary N) is 1. The number of anilines is 2. The number of nitrogens with zero attached hydrogens (tertiary/aromatic N) is 2. The van der Waals surface area contributed by atoms with Crippen LogP contribution in [0.5, 0.6) is 0 Å². The van der Waals surface area contributed by atoms with Crippen molar-refractivity contribution in [2.75, 3.05) is 42.6 Å². The van der Waals surface area contributed by atoms with E-state index in [1.807, 2.05) is 11.8 Å². The van der Waals surface area contributed by atoms with Crippen LogP contribution in [-0.4, -0.2) is 48.7 Å². The minimum absolute atomic E-state index is 0.0109. The zero-order valence-electron chi connectivity index (χ0n) is 17.4. The maximum Gasteiger partial charge on any atom is 0.164 e. The molecule has 0 saturated carbocycles. The minimum Gasteiger partial charge on any atom is -0.398 e. The number of benzene rings is 2. The number of fused-ring (bicyclic) bond motifs is 3. The summed E-state index contributed by atoms with van der Waals surface area (Å²) in [5.74, 6) is 1.21. The van der Waals surface area contributed by atoms with Crippen molar-refractivity contribution in [1.29, 1.82) is 0 Å². The third-order valence-corrected chi connectivity index (χ3v) is 8.47. The van der Waals surface area contributed by atoms with Crippen LogP contribution in [0.3, 0.4) is 0 Å². The highest BCUT2D eigenvalue weighted by Gasteiger charge is 2.43. The summed E-state index contributed by atoms with van der Waals surface area (Å²) in [6.45, 7) is 4.07. The number of carbonyl (C=O) groups excluding carboxylic acids is 1. The van der Waals surface area contributed by atoms with E-state index in [4.69, 9.17) is 17.3 Å². The van der Waals surface area contributed by atoms with E-state index < -0.39 is 5.82 Å². The molecule has 2 atom stereocenters. The van der Waals surface area contributed by atoms with Crippen LogP contribution < -0.4 is 10.6 Å². The normalized spacial score (nSPS) is 22.7. The number of ketones is 1. The average Bonchev–Trinajstić information content (AvgIpc) is 2.89. The van der Waals surface area contributed by atoms with Gasteiger partial charge in [0.05, 0.1) is 10.7 Å². The molecule has 7 heteroatoms. The molecule has 0 aromatic heterocycles. The Bertz CT molecular complexity index is 1020. The number of rotatable bonds is 5. The monoisotopic (exact) mass is 459 g/mol. The van der Waals surface area contributed by atoms with Crippen LogP contribution in [0.15, 0.2) is 35.2 Å². The van der Waals surface area contributed by atoms with Crippen molar-refractivity contribution in [2.24, 2.45) is 0 Å². The summed E-state index contributed by atoms with van der Waals surface area (Å²) in [6, 6.07) is 8.87. The van der Waals surface area contributed by atoms with E-state index in [0.29, 0.717) is 23.9 Å². The van der Waals surface area contributed by atoms with E-state index in [0.717, 1.165) is 49.8 Å². The molecule has 5 rings (SSSR count). The van der Waals surface area contributed by atoms with E-state index in [9.17, 15) is 9.18 Å². The molecule has 31 heavy (non-hydrogen) atoms. The van der Waals surface area contributed by atoms with Gasteiger partial charge in [0.25, 0.3) is 0 Å². The molecule has 0 aliphatic carbocycles. The quantitative estimate of drug-likeness (QED) is 0.492. The second-order valence-corrected chi connectivity index (χ2v) is 10.2. The van der Waals surface area contributed by atoms with Gasteiger partial charge in [-0.25, -0.2) is 4.39 Å². The molecule has 1 saturated heterocycles. The largest absolute Gasteiger partial charge is 0.398 e. The molecule has 0 spiro atoms. The predicted octanol–water partition coefficient (Wildman–Crippen LogP) is 5.20. The summed E-state index contributed by atoms with van der Waals surface area (Å²) < 4.78 is 13.2. The SMILES string of the molecule is Nc1cc(F)ccc1C(=O)CCCN1CC[C@H]2[C@@H](C1)c1ccc(Cl)c3c1N2CCCS3. The third-order valence-electron chi connectivity index (χ3n) is 6.84. The van der Waals surface area contributed by atoms with Gasteiger partial charge >= 0.3 is 0 Å². The van der Waals surface area contributed by atoms with Crippen LogP contribution in [0.25, 0.3) is 0 Å². The molecule has 2 aromatic carbocycles. The van der Waals surface area contributed by atoms with Crippen LogP contribution in [0.2, 0.25) is 5.02 Å². The number of thioether (sulfide) groups is 1. The van der Waals surface area contributed by atoms with Crippen molar-refractivity contribution in [2.45, 2.75) is 42.5 Å². The van der Waals surface area contributed by atoms with Gasteiger partial charge in [0.2, 0.25) is 0 Å². The Balaban J connectivity index is 1.24. The van der Waals surface area contributed by atoms with Gasteiger partial charge in [0.15, 0.2) is 5.78 Å². The third kappa shape index (κ3) is 3.94. The average molecular weight is 460 g/mol. The first-order chi connectivity index (χ1) is 15.0. The second-order valence-electron chi connectivity index (χ2n) is 8.73. The fraction of sp³-hybridized carbons (Fsp3) is 0.458. The Labute approximate surface area is 191 Å². The van der Waals surface area contributed by atoms with E-state index >= 15 is 0 Å². The van der Waals surface area contributed by atoms with Gasteiger partial charge < -0.3 is 15.5 Å². The van der Waals surface area contributed by atoms with E-state index in [1.54, 1.807) is 0 Å². The highest BCUT2D eigenvalue weighted by molar-refractivity contribution is 7.99. The fourth-order valence-electron chi connectivity index (χ4n) is 5.42. The van der Waals surface area contributed by atoms with Gasteiger partial charge in [-0.3, -0.25) is 4.79 Å². The number of hydrogen-bond donors (Lipinski definition) is 1. The number of hydrogen-bond acceptors (Lipinski definition) is 5. The molecule has 2 aromatic rings. The lowest BCUT2D eigenvalue weighted by atomic mass is 9.89. The molecule has 1 fully saturated rings. The number of halogens is 2.